The summed E-state index contributed by atoms with van der Waals surface area (Å²) in [5.74, 6) is 2.14. The van der Waals surface area contributed by atoms with Gasteiger partial charge in [0.25, 0.3) is 0 Å². The molecule has 1 atom stereocenters. The minimum atomic E-state index is -0.00875. The van der Waals surface area contributed by atoms with Gasteiger partial charge in [0, 0.05) is 6.54 Å². The third-order valence-corrected chi connectivity index (χ3v) is 2.98. The van der Waals surface area contributed by atoms with E-state index in [2.05, 4.69) is 10.3 Å². The predicted octanol–water partition coefficient (Wildman–Crippen LogP) is 1.83. The van der Waals surface area contributed by atoms with Crippen LogP contribution in [0.2, 0.25) is 0 Å². The Labute approximate surface area is 113 Å². The van der Waals surface area contributed by atoms with E-state index in [0.717, 1.165) is 30.0 Å². The zero-order chi connectivity index (χ0) is 13.7. The summed E-state index contributed by atoms with van der Waals surface area (Å²) in [5.41, 5.74) is 6.76. The van der Waals surface area contributed by atoms with Gasteiger partial charge in [-0.3, -0.25) is 0 Å². The molecule has 19 heavy (non-hydrogen) atoms. The van der Waals surface area contributed by atoms with Gasteiger partial charge in [0.2, 0.25) is 0 Å². The number of nitrogens with zero attached hydrogens (tertiary/aromatic N) is 1. The van der Waals surface area contributed by atoms with E-state index in [1.807, 2.05) is 32.0 Å². The number of hydrogen-bond donors (Lipinski definition) is 2. The molecule has 1 aromatic carbocycles. The standard InChI is InChI=1S/C14H21N3O2/c1-3-18-11-6-5-7-12(19-4-2)13(11)10-8-9-16-14(15)17-10/h5-7,10H,3-4,8-9H2,1-2H3,(H3,15,16,17)/t10-/m0/s1. The highest BCUT2D eigenvalue weighted by Gasteiger charge is 2.23. The summed E-state index contributed by atoms with van der Waals surface area (Å²) in [7, 11) is 0. The Morgan fingerprint density at radius 2 is 1.89 bits per heavy atom. The van der Waals surface area contributed by atoms with E-state index in [1.165, 1.54) is 0 Å². The molecule has 0 radical (unpaired) electrons. The molecule has 0 aromatic heterocycles. The lowest BCUT2D eigenvalue weighted by Crippen LogP contribution is -2.37. The zero-order valence-corrected chi connectivity index (χ0v) is 11.5. The number of aliphatic imine (C=N–C) groups is 1. The second-order valence-electron chi connectivity index (χ2n) is 4.28. The van der Waals surface area contributed by atoms with Crippen molar-refractivity contribution in [3.05, 3.63) is 23.8 Å². The largest absolute Gasteiger partial charge is 0.493 e. The molecular weight excluding hydrogens is 242 g/mol. The SMILES string of the molecule is CCOc1cccc(OCC)c1[C@@H]1CCNC(N)=N1. The molecule has 1 aromatic rings. The first-order chi connectivity index (χ1) is 9.26. The Balaban J connectivity index is 2.41. The quantitative estimate of drug-likeness (QED) is 0.850. The Kier molecular flexibility index (Phi) is 4.49. The van der Waals surface area contributed by atoms with Crippen LogP contribution in [-0.2, 0) is 0 Å². The molecule has 1 aliphatic heterocycles. The first kappa shape index (κ1) is 13.5. The molecular formula is C14H21N3O2. The summed E-state index contributed by atoms with van der Waals surface area (Å²) >= 11 is 0. The molecule has 1 heterocycles. The van der Waals surface area contributed by atoms with Crippen molar-refractivity contribution in [2.45, 2.75) is 26.3 Å². The van der Waals surface area contributed by atoms with Crippen molar-refractivity contribution in [1.29, 1.82) is 0 Å². The van der Waals surface area contributed by atoms with Crippen LogP contribution >= 0.6 is 0 Å². The first-order valence-electron chi connectivity index (χ1n) is 6.71. The fraction of sp³-hybridized carbons (Fsp3) is 0.500. The van der Waals surface area contributed by atoms with E-state index in [4.69, 9.17) is 15.2 Å². The number of benzene rings is 1. The van der Waals surface area contributed by atoms with Crippen LogP contribution in [0.1, 0.15) is 31.9 Å². The van der Waals surface area contributed by atoms with Crippen LogP contribution in [-0.4, -0.2) is 25.7 Å². The Hall–Kier alpha value is -1.91. The predicted molar refractivity (Wildman–Crippen MR) is 75.8 cm³/mol. The highest BCUT2D eigenvalue weighted by atomic mass is 16.5. The van der Waals surface area contributed by atoms with Crippen molar-refractivity contribution < 1.29 is 9.47 Å². The fourth-order valence-electron chi connectivity index (χ4n) is 2.24. The van der Waals surface area contributed by atoms with Gasteiger partial charge in [-0.1, -0.05) is 6.07 Å². The maximum absolute atomic E-state index is 5.77. The van der Waals surface area contributed by atoms with Crippen LogP contribution in [0.15, 0.2) is 23.2 Å². The summed E-state index contributed by atoms with van der Waals surface area (Å²) in [6.45, 7) is 5.99. The van der Waals surface area contributed by atoms with E-state index < -0.39 is 0 Å². The summed E-state index contributed by atoms with van der Waals surface area (Å²) in [5, 5.41) is 3.03. The van der Waals surface area contributed by atoms with Gasteiger partial charge in [-0.2, -0.15) is 0 Å². The topological polar surface area (TPSA) is 68.9 Å². The van der Waals surface area contributed by atoms with Crippen LogP contribution in [0, 0.1) is 0 Å². The van der Waals surface area contributed by atoms with Gasteiger partial charge in [-0.15, -0.1) is 0 Å². The zero-order valence-electron chi connectivity index (χ0n) is 11.5. The van der Waals surface area contributed by atoms with E-state index in [-0.39, 0.29) is 6.04 Å². The summed E-state index contributed by atoms with van der Waals surface area (Å²) < 4.78 is 11.4. The molecule has 1 aliphatic rings. The number of ether oxygens (including phenoxy) is 2. The normalized spacial score (nSPS) is 18.4. The van der Waals surface area contributed by atoms with Gasteiger partial charge in [-0.25, -0.2) is 4.99 Å². The molecule has 0 amide bonds. The van der Waals surface area contributed by atoms with Gasteiger partial charge in [0.1, 0.15) is 11.5 Å². The molecule has 104 valence electrons. The number of rotatable bonds is 5. The number of hydrogen-bond acceptors (Lipinski definition) is 5. The molecule has 0 aliphatic carbocycles. The Morgan fingerprint density at radius 3 is 2.42 bits per heavy atom. The van der Waals surface area contributed by atoms with Crippen molar-refractivity contribution in [2.75, 3.05) is 19.8 Å². The molecule has 0 unspecified atom stereocenters. The average Bonchev–Trinajstić information content (AvgIpc) is 2.40. The van der Waals surface area contributed by atoms with Crippen molar-refractivity contribution >= 4 is 5.96 Å². The smallest absolute Gasteiger partial charge is 0.189 e. The van der Waals surface area contributed by atoms with E-state index >= 15 is 0 Å². The minimum Gasteiger partial charge on any atom is -0.493 e. The molecule has 0 bridgehead atoms. The second-order valence-corrected chi connectivity index (χ2v) is 4.28. The summed E-state index contributed by atoms with van der Waals surface area (Å²) in [6.07, 6.45) is 0.880. The molecule has 2 rings (SSSR count). The monoisotopic (exact) mass is 263 g/mol. The molecule has 0 fully saturated rings. The van der Waals surface area contributed by atoms with Gasteiger partial charge in [0.05, 0.1) is 24.8 Å². The van der Waals surface area contributed by atoms with Gasteiger partial charge < -0.3 is 20.5 Å². The highest BCUT2D eigenvalue weighted by Crippen LogP contribution is 2.38. The fourth-order valence-corrected chi connectivity index (χ4v) is 2.24. The summed E-state index contributed by atoms with van der Waals surface area (Å²) in [6, 6.07) is 5.84. The van der Waals surface area contributed by atoms with Crippen LogP contribution in [0.3, 0.4) is 0 Å². The van der Waals surface area contributed by atoms with E-state index in [0.29, 0.717) is 19.2 Å². The van der Waals surface area contributed by atoms with Crippen LogP contribution in [0.25, 0.3) is 0 Å². The van der Waals surface area contributed by atoms with Gasteiger partial charge >= 0.3 is 0 Å². The van der Waals surface area contributed by atoms with Gasteiger partial charge in [-0.05, 0) is 32.4 Å². The maximum atomic E-state index is 5.77. The van der Waals surface area contributed by atoms with Crippen LogP contribution in [0.5, 0.6) is 11.5 Å². The average molecular weight is 263 g/mol. The molecule has 3 N–H and O–H groups in total. The van der Waals surface area contributed by atoms with Crippen LogP contribution in [0.4, 0.5) is 0 Å². The third kappa shape index (κ3) is 3.10. The van der Waals surface area contributed by atoms with Crippen molar-refractivity contribution in [1.82, 2.24) is 5.32 Å². The Morgan fingerprint density at radius 1 is 1.26 bits per heavy atom. The summed E-state index contributed by atoms with van der Waals surface area (Å²) in [4.78, 5) is 4.46. The number of guanidine groups is 1. The lowest BCUT2D eigenvalue weighted by Gasteiger charge is -2.24. The van der Waals surface area contributed by atoms with Crippen LogP contribution < -0.4 is 20.5 Å². The molecule has 0 saturated carbocycles. The number of nitrogens with one attached hydrogen (secondary N) is 1. The number of nitrogens with two attached hydrogens (primary N) is 1. The molecule has 5 heteroatoms. The van der Waals surface area contributed by atoms with E-state index in [9.17, 15) is 0 Å². The lowest BCUT2D eigenvalue weighted by atomic mass is 10.0. The lowest BCUT2D eigenvalue weighted by molar-refractivity contribution is 0.311. The molecule has 0 saturated heterocycles. The minimum absolute atomic E-state index is 0.00875. The first-order valence-corrected chi connectivity index (χ1v) is 6.71. The molecule has 0 spiro atoms. The second kappa shape index (κ2) is 6.31. The van der Waals surface area contributed by atoms with Gasteiger partial charge in [0.15, 0.2) is 5.96 Å². The van der Waals surface area contributed by atoms with E-state index in [1.54, 1.807) is 0 Å². The maximum Gasteiger partial charge on any atom is 0.189 e. The molecule has 5 nitrogen and oxygen atoms in total. The van der Waals surface area contributed by atoms with Crippen molar-refractivity contribution in [3.8, 4) is 11.5 Å². The Bertz CT molecular complexity index is 436. The van der Waals surface area contributed by atoms with Crippen molar-refractivity contribution in [3.63, 3.8) is 0 Å². The van der Waals surface area contributed by atoms with Crippen molar-refractivity contribution in [2.24, 2.45) is 10.7 Å². The highest BCUT2D eigenvalue weighted by molar-refractivity contribution is 5.79. The third-order valence-electron chi connectivity index (χ3n) is 2.98.